The summed E-state index contributed by atoms with van der Waals surface area (Å²) in [6, 6.07) is -0.877. The standard InChI is InChI=1S/C12H22N2O5S2/c1-20-8-5-10(12(16)17)13-11(15)9-3-6-14(7-4-9)21(2,18)19/h9-10H,3-8H2,1-2H3,(H,13,15)(H,16,17)/t10-/m1/s1. The van der Waals surface area contributed by atoms with Gasteiger partial charge in [0.1, 0.15) is 6.04 Å². The zero-order valence-electron chi connectivity index (χ0n) is 12.2. The van der Waals surface area contributed by atoms with Crippen LogP contribution in [0.15, 0.2) is 0 Å². The van der Waals surface area contributed by atoms with Gasteiger partial charge in [-0.3, -0.25) is 4.79 Å². The maximum atomic E-state index is 12.1. The van der Waals surface area contributed by atoms with Crippen molar-refractivity contribution in [1.82, 2.24) is 9.62 Å². The molecular formula is C12H22N2O5S2. The monoisotopic (exact) mass is 338 g/mol. The summed E-state index contributed by atoms with van der Waals surface area (Å²) in [7, 11) is -3.22. The van der Waals surface area contributed by atoms with Crippen molar-refractivity contribution in [1.29, 1.82) is 0 Å². The fourth-order valence-corrected chi connectivity index (χ4v) is 3.58. The van der Waals surface area contributed by atoms with E-state index >= 15 is 0 Å². The van der Waals surface area contributed by atoms with Gasteiger partial charge in [0.25, 0.3) is 0 Å². The predicted octanol–water partition coefficient (Wildman–Crippen LogP) is -0.0195. The molecule has 1 amide bonds. The van der Waals surface area contributed by atoms with Crippen LogP contribution in [0.1, 0.15) is 19.3 Å². The zero-order valence-corrected chi connectivity index (χ0v) is 13.9. The average molecular weight is 338 g/mol. The van der Waals surface area contributed by atoms with Crippen LogP contribution in [0, 0.1) is 5.92 Å². The molecule has 0 unspecified atom stereocenters. The fourth-order valence-electron chi connectivity index (χ4n) is 2.23. The van der Waals surface area contributed by atoms with E-state index in [1.807, 2.05) is 6.26 Å². The summed E-state index contributed by atoms with van der Waals surface area (Å²) in [5.74, 6) is -0.995. The number of carbonyl (C=O) groups is 2. The maximum Gasteiger partial charge on any atom is 0.326 e. The number of piperidine rings is 1. The Labute approximate surface area is 129 Å². The van der Waals surface area contributed by atoms with Crippen LogP contribution in [0.25, 0.3) is 0 Å². The molecule has 0 aromatic carbocycles. The van der Waals surface area contributed by atoms with E-state index in [0.29, 0.717) is 38.1 Å². The number of carbonyl (C=O) groups excluding carboxylic acids is 1. The van der Waals surface area contributed by atoms with Crippen LogP contribution in [0.4, 0.5) is 0 Å². The summed E-state index contributed by atoms with van der Waals surface area (Å²) >= 11 is 1.53. The molecule has 1 saturated heterocycles. The molecule has 0 radical (unpaired) electrons. The lowest BCUT2D eigenvalue weighted by atomic mass is 9.96. The van der Waals surface area contributed by atoms with E-state index in [2.05, 4.69) is 5.32 Å². The van der Waals surface area contributed by atoms with E-state index in [1.165, 1.54) is 16.1 Å². The smallest absolute Gasteiger partial charge is 0.326 e. The summed E-state index contributed by atoms with van der Waals surface area (Å²) in [5.41, 5.74) is 0. The predicted molar refractivity (Wildman–Crippen MR) is 81.7 cm³/mol. The molecular weight excluding hydrogens is 316 g/mol. The number of rotatable bonds is 7. The van der Waals surface area contributed by atoms with E-state index in [9.17, 15) is 18.0 Å². The number of nitrogens with one attached hydrogen (secondary N) is 1. The summed E-state index contributed by atoms with van der Waals surface area (Å²) < 4.78 is 24.1. The highest BCUT2D eigenvalue weighted by molar-refractivity contribution is 7.98. The van der Waals surface area contributed by atoms with E-state index in [4.69, 9.17) is 5.11 Å². The highest BCUT2D eigenvalue weighted by Crippen LogP contribution is 2.19. The first-order valence-electron chi connectivity index (χ1n) is 6.73. The molecule has 0 aromatic heterocycles. The van der Waals surface area contributed by atoms with Crippen LogP contribution >= 0.6 is 11.8 Å². The number of amides is 1. The van der Waals surface area contributed by atoms with Crippen molar-refractivity contribution in [3.8, 4) is 0 Å². The zero-order chi connectivity index (χ0) is 16.0. The Bertz CT molecular complexity index is 472. The SMILES string of the molecule is CSCC[C@@H](NC(=O)C1CCN(S(C)(=O)=O)CC1)C(=O)O. The molecule has 1 heterocycles. The lowest BCUT2D eigenvalue weighted by molar-refractivity contribution is -0.142. The molecule has 9 heteroatoms. The van der Waals surface area contributed by atoms with Crippen molar-refractivity contribution in [2.45, 2.75) is 25.3 Å². The average Bonchev–Trinajstić information content (AvgIpc) is 2.42. The molecule has 1 atom stereocenters. The number of carboxylic acids is 1. The van der Waals surface area contributed by atoms with Gasteiger partial charge in [0.05, 0.1) is 6.26 Å². The third-order valence-electron chi connectivity index (χ3n) is 3.52. The summed E-state index contributed by atoms with van der Waals surface area (Å²) in [5, 5.41) is 11.6. The van der Waals surface area contributed by atoms with Crippen molar-refractivity contribution in [3.05, 3.63) is 0 Å². The molecule has 1 aliphatic heterocycles. The number of hydrogen-bond donors (Lipinski definition) is 2. The van der Waals surface area contributed by atoms with Crippen LogP contribution in [0.3, 0.4) is 0 Å². The number of sulfonamides is 1. The molecule has 2 N–H and O–H groups in total. The topological polar surface area (TPSA) is 104 Å². The van der Waals surface area contributed by atoms with E-state index < -0.39 is 22.0 Å². The maximum absolute atomic E-state index is 12.1. The van der Waals surface area contributed by atoms with Crippen molar-refractivity contribution in [3.63, 3.8) is 0 Å². The van der Waals surface area contributed by atoms with Gasteiger partial charge in [0.15, 0.2) is 0 Å². The van der Waals surface area contributed by atoms with E-state index in [-0.39, 0.29) is 11.8 Å². The molecule has 0 spiro atoms. The summed E-state index contributed by atoms with van der Waals surface area (Å²) in [4.78, 5) is 23.2. The number of aliphatic carboxylic acids is 1. The van der Waals surface area contributed by atoms with Crippen molar-refractivity contribution < 1.29 is 23.1 Å². The van der Waals surface area contributed by atoms with Gasteiger partial charge in [-0.15, -0.1) is 0 Å². The Hall–Kier alpha value is -0.800. The molecule has 1 fully saturated rings. The Balaban J connectivity index is 2.51. The van der Waals surface area contributed by atoms with E-state index in [1.54, 1.807) is 0 Å². The second-order valence-electron chi connectivity index (χ2n) is 5.12. The van der Waals surface area contributed by atoms with E-state index in [0.717, 1.165) is 6.26 Å². The molecule has 0 aromatic rings. The number of thioether (sulfide) groups is 1. The van der Waals surface area contributed by atoms with Gasteiger partial charge in [-0.05, 0) is 31.3 Å². The first-order chi connectivity index (χ1) is 9.75. The number of hydrogen-bond acceptors (Lipinski definition) is 5. The lowest BCUT2D eigenvalue weighted by Gasteiger charge is -2.30. The minimum Gasteiger partial charge on any atom is -0.480 e. The van der Waals surface area contributed by atoms with Crippen molar-refractivity contribution in [2.24, 2.45) is 5.92 Å². The van der Waals surface area contributed by atoms with Crippen LogP contribution in [0.5, 0.6) is 0 Å². The molecule has 0 aliphatic carbocycles. The fraction of sp³-hybridized carbons (Fsp3) is 0.833. The second kappa shape index (κ2) is 8.00. The largest absolute Gasteiger partial charge is 0.480 e. The third kappa shape index (κ3) is 5.84. The van der Waals surface area contributed by atoms with Crippen LogP contribution in [-0.4, -0.2) is 67.1 Å². The Morgan fingerprint density at radius 2 is 1.95 bits per heavy atom. The van der Waals surface area contributed by atoms with Crippen LogP contribution < -0.4 is 5.32 Å². The minimum absolute atomic E-state index is 0.295. The minimum atomic E-state index is -3.22. The highest BCUT2D eigenvalue weighted by atomic mass is 32.2. The van der Waals surface area contributed by atoms with Crippen LogP contribution in [-0.2, 0) is 19.6 Å². The Kier molecular flexibility index (Phi) is 6.95. The normalized spacial score (nSPS) is 19.1. The summed E-state index contributed by atoms with van der Waals surface area (Å²) in [6.45, 7) is 0.610. The van der Waals surface area contributed by atoms with Gasteiger partial charge in [0, 0.05) is 19.0 Å². The van der Waals surface area contributed by atoms with Gasteiger partial charge in [0.2, 0.25) is 15.9 Å². The van der Waals surface area contributed by atoms with Crippen molar-refractivity contribution in [2.75, 3.05) is 31.4 Å². The Morgan fingerprint density at radius 3 is 2.38 bits per heavy atom. The molecule has 7 nitrogen and oxygen atoms in total. The second-order valence-corrected chi connectivity index (χ2v) is 8.09. The molecule has 1 rings (SSSR count). The Morgan fingerprint density at radius 1 is 1.38 bits per heavy atom. The lowest BCUT2D eigenvalue weighted by Crippen LogP contribution is -2.47. The van der Waals surface area contributed by atoms with Crippen LogP contribution in [0.2, 0.25) is 0 Å². The van der Waals surface area contributed by atoms with Crippen molar-refractivity contribution >= 4 is 33.7 Å². The van der Waals surface area contributed by atoms with Gasteiger partial charge >= 0.3 is 5.97 Å². The molecule has 1 aliphatic rings. The van der Waals surface area contributed by atoms with Gasteiger partial charge in [-0.2, -0.15) is 11.8 Å². The molecule has 122 valence electrons. The molecule has 21 heavy (non-hydrogen) atoms. The third-order valence-corrected chi connectivity index (χ3v) is 5.47. The summed E-state index contributed by atoms with van der Waals surface area (Å²) in [6.07, 6.45) is 4.25. The highest BCUT2D eigenvalue weighted by Gasteiger charge is 2.30. The quantitative estimate of drug-likeness (QED) is 0.676. The van der Waals surface area contributed by atoms with Gasteiger partial charge < -0.3 is 10.4 Å². The first-order valence-corrected chi connectivity index (χ1v) is 9.97. The van der Waals surface area contributed by atoms with Gasteiger partial charge in [-0.1, -0.05) is 0 Å². The number of carboxylic acid groups (broad SMARTS) is 1. The molecule has 0 bridgehead atoms. The number of nitrogens with zero attached hydrogens (tertiary/aromatic N) is 1. The van der Waals surface area contributed by atoms with Gasteiger partial charge in [-0.25, -0.2) is 17.5 Å². The molecule has 0 saturated carbocycles. The first kappa shape index (κ1) is 18.2.